The Balaban J connectivity index is 1.94. The van der Waals surface area contributed by atoms with Crippen molar-refractivity contribution in [2.75, 3.05) is 13.7 Å². The van der Waals surface area contributed by atoms with Gasteiger partial charge in [-0.2, -0.15) is 0 Å². The average molecular weight is 331 g/mol. The molecule has 24 heavy (non-hydrogen) atoms. The summed E-state index contributed by atoms with van der Waals surface area (Å²) in [5.41, 5.74) is 1.03. The Bertz CT molecular complexity index is 715. The summed E-state index contributed by atoms with van der Waals surface area (Å²) in [5, 5.41) is 2.75. The lowest BCUT2D eigenvalue weighted by Crippen LogP contribution is -2.31. The predicted octanol–water partition coefficient (Wildman–Crippen LogP) is 2.87. The summed E-state index contributed by atoms with van der Waals surface area (Å²) in [6.45, 7) is 1.53. The lowest BCUT2D eigenvalue weighted by atomic mass is 10.1. The van der Waals surface area contributed by atoms with E-state index >= 15 is 0 Å². The van der Waals surface area contributed by atoms with Crippen LogP contribution >= 0.6 is 0 Å². The van der Waals surface area contributed by atoms with Crippen LogP contribution in [0.1, 0.15) is 28.9 Å². The van der Waals surface area contributed by atoms with Crippen LogP contribution in [-0.2, 0) is 9.53 Å². The molecule has 0 aliphatic carbocycles. The average Bonchev–Trinajstić information content (AvgIpc) is 2.60. The fourth-order valence-corrected chi connectivity index (χ4v) is 2.13. The zero-order chi connectivity index (χ0) is 17.5. The smallest absolute Gasteiger partial charge is 0.341 e. The molecule has 0 heterocycles. The number of amides is 1. The van der Waals surface area contributed by atoms with E-state index in [1.165, 1.54) is 19.2 Å². The molecule has 1 amide bonds. The monoisotopic (exact) mass is 331 g/mol. The van der Waals surface area contributed by atoms with Crippen molar-refractivity contribution in [1.82, 2.24) is 5.32 Å². The van der Waals surface area contributed by atoms with Gasteiger partial charge in [-0.05, 0) is 36.8 Å². The second kappa shape index (κ2) is 8.10. The maximum Gasteiger partial charge on any atom is 0.341 e. The minimum atomic E-state index is -0.536. The van der Waals surface area contributed by atoms with Crippen molar-refractivity contribution in [3.63, 3.8) is 0 Å². The van der Waals surface area contributed by atoms with E-state index in [0.29, 0.717) is 0 Å². The van der Waals surface area contributed by atoms with Crippen LogP contribution in [0.4, 0.5) is 4.39 Å². The molecule has 0 bridgehead atoms. The Morgan fingerprint density at radius 2 is 1.79 bits per heavy atom. The van der Waals surface area contributed by atoms with E-state index in [1.807, 2.05) is 0 Å². The van der Waals surface area contributed by atoms with Gasteiger partial charge in [0, 0.05) is 0 Å². The van der Waals surface area contributed by atoms with E-state index in [0.717, 1.165) is 5.56 Å². The van der Waals surface area contributed by atoms with Crippen molar-refractivity contribution < 1.29 is 23.5 Å². The highest BCUT2D eigenvalue weighted by molar-refractivity contribution is 5.92. The number of hydrogen-bond acceptors (Lipinski definition) is 4. The summed E-state index contributed by atoms with van der Waals surface area (Å²) in [5.74, 6) is -0.953. The molecule has 0 radical (unpaired) electrons. The molecule has 0 saturated heterocycles. The molecule has 0 fully saturated rings. The van der Waals surface area contributed by atoms with Crippen molar-refractivity contribution in [3.8, 4) is 5.75 Å². The van der Waals surface area contributed by atoms with Crippen LogP contribution in [0.15, 0.2) is 48.5 Å². The van der Waals surface area contributed by atoms with Crippen molar-refractivity contribution >= 4 is 11.9 Å². The fraction of sp³-hybridized carbons (Fsp3) is 0.222. The molecule has 0 spiro atoms. The van der Waals surface area contributed by atoms with E-state index < -0.39 is 5.97 Å². The third kappa shape index (κ3) is 4.55. The largest absolute Gasteiger partial charge is 0.483 e. The van der Waals surface area contributed by atoms with Gasteiger partial charge < -0.3 is 14.8 Å². The normalized spacial score (nSPS) is 11.5. The summed E-state index contributed by atoms with van der Waals surface area (Å²) in [7, 11) is 1.27. The second-order valence-electron chi connectivity index (χ2n) is 5.12. The van der Waals surface area contributed by atoms with Gasteiger partial charge in [-0.15, -0.1) is 0 Å². The summed E-state index contributed by atoms with van der Waals surface area (Å²) in [6.07, 6.45) is 0. The summed E-state index contributed by atoms with van der Waals surface area (Å²) in [6, 6.07) is 12.1. The molecule has 2 aromatic carbocycles. The number of methoxy groups -OCH3 is 1. The SMILES string of the molecule is COC(=O)c1ccccc1OCC(=O)NC(C)c1ccc(F)cc1. The number of rotatable bonds is 6. The minimum Gasteiger partial charge on any atom is -0.483 e. The molecular weight excluding hydrogens is 313 g/mol. The van der Waals surface area contributed by atoms with E-state index in [9.17, 15) is 14.0 Å². The molecule has 5 nitrogen and oxygen atoms in total. The molecule has 0 aliphatic heterocycles. The first kappa shape index (κ1) is 17.5. The highest BCUT2D eigenvalue weighted by Gasteiger charge is 2.14. The van der Waals surface area contributed by atoms with Gasteiger partial charge in [-0.25, -0.2) is 9.18 Å². The Labute approximate surface area is 139 Å². The van der Waals surface area contributed by atoms with Crippen LogP contribution in [0, 0.1) is 5.82 Å². The Morgan fingerprint density at radius 3 is 2.46 bits per heavy atom. The van der Waals surface area contributed by atoms with Crippen LogP contribution in [-0.4, -0.2) is 25.6 Å². The highest BCUT2D eigenvalue weighted by atomic mass is 19.1. The third-order valence-corrected chi connectivity index (χ3v) is 3.40. The van der Waals surface area contributed by atoms with Crippen molar-refractivity contribution in [2.45, 2.75) is 13.0 Å². The lowest BCUT2D eigenvalue weighted by molar-refractivity contribution is -0.123. The number of carbonyl (C=O) groups excluding carboxylic acids is 2. The highest BCUT2D eigenvalue weighted by Crippen LogP contribution is 2.19. The second-order valence-corrected chi connectivity index (χ2v) is 5.12. The van der Waals surface area contributed by atoms with Gasteiger partial charge >= 0.3 is 5.97 Å². The standard InChI is InChI=1S/C18H18FNO4/c1-12(13-7-9-14(19)10-8-13)20-17(21)11-24-16-6-4-3-5-15(16)18(22)23-2/h3-10,12H,11H2,1-2H3,(H,20,21). The topological polar surface area (TPSA) is 64.6 Å². The number of benzene rings is 2. The first-order valence-corrected chi connectivity index (χ1v) is 7.36. The van der Waals surface area contributed by atoms with Crippen LogP contribution in [0.2, 0.25) is 0 Å². The maximum absolute atomic E-state index is 12.9. The number of hydrogen-bond donors (Lipinski definition) is 1. The zero-order valence-corrected chi connectivity index (χ0v) is 13.4. The van der Waals surface area contributed by atoms with Gasteiger partial charge in [0.25, 0.3) is 5.91 Å². The Hall–Kier alpha value is -2.89. The Morgan fingerprint density at radius 1 is 1.12 bits per heavy atom. The molecule has 1 N–H and O–H groups in total. The molecule has 0 saturated carbocycles. The van der Waals surface area contributed by atoms with Crippen LogP contribution in [0.25, 0.3) is 0 Å². The first-order valence-electron chi connectivity index (χ1n) is 7.36. The van der Waals surface area contributed by atoms with Crippen LogP contribution in [0.5, 0.6) is 5.75 Å². The van der Waals surface area contributed by atoms with Gasteiger partial charge in [-0.1, -0.05) is 24.3 Å². The van der Waals surface area contributed by atoms with Gasteiger partial charge in [0.1, 0.15) is 17.1 Å². The van der Waals surface area contributed by atoms with Gasteiger partial charge in [0.05, 0.1) is 13.2 Å². The van der Waals surface area contributed by atoms with Gasteiger partial charge in [0.15, 0.2) is 6.61 Å². The summed E-state index contributed by atoms with van der Waals surface area (Å²) in [4.78, 5) is 23.6. The first-order chi connectivity index (χ1) is 11.5. The quantitative estimate of drug-likeness (QED) is 0.827. The number of nitrogens with one attached hydrogen (secondary N) is 1. The molecule has 0 aliphatic rings. The van der Waals surface area contributed by atoms with E-state index in [-0.39, 0.29) is 35.7 Å². The lowest BCUT2D eigenvalue weighted by Gasteiger charge is -2.15. The zero-order valence-electron chi connectivity index (χ0n) is 13.4. The van der Waals surface area contributed by atoms with Gasteiger partial charge in [0.2, 0.25) is 0 Å². The number of halogens is 1. The number of esters is 1. The van der Waals surface area contributed by atoms with Crippen molar-refractivity contribution in [1.29, 1.82) is 0 Å². The minimum absolute atomic E-state index is 0.249. The molecule has 6 heteroatoms. The number of carbonyl (C=O) groups is 2. The molecule has 2 aromatic rings. The molecule has 0 aromatic heterocycles. The summed E-state index contributed by atoms with van der Waals surface area (Å²) < 4.78 is 23.0. The Kier molecular flexibility index (Phi) is 5.89. The van der Waals surface area contributed by atoms with Crippen LogP contribution < -0.4 is 10.1 Å². The maximum atomic E-state index is 12.9. The van der Waals surface area contributed by atoms with Gasteiger partial charge in [-0.3, -0.25) is 4.79 Å². The predicted molar refractivity (Wildman–Crippen MR) is 86.2 cm³/mol. The molecule has 2 rings (SSSR count). The molecule has 1 unspecified atom stereocenters. The molecule has 126 valence electrons. The third-order valence-electron chi connectivity index (χ3n) is 3.40. The van der Waals surface area contributed by atoms with Crippen molar-refractivity contribution in [3.05, 3.63) is 65.5 Å². The molecule has 1 atom stereocenters. The van der Waals surface area contributed by atoms with E-state index in [4.69, 9.17) is 4.74 Å². The number of para-hydroxylation sites is 1. The summed E-state index contributed by atoms with van der Waals surface area (Å²) >= 11 is 0. The van der Waals surface area contributed by atoms with E-state index in [1.54, 1.807) is 43.3 Å². The molecular formula is C18H18FNO4. The fourth-order valence-electron chi connectivity index (χ4n) is 2.13. The number of ether oxygens (including phenoxy) is 2. The van der Waals surface area contributed by atoms with Crippen LogP contribution in [0.3, 0.4) is 0 Å². The van der Waals surface area contributed by atoms with Crippen molar-refractivity contribution in [2.24, 2.45) is 0 Å². The van der Waals surface area contributed by atoms with E-state index in [2.05, 4.69) is 10.1 Å².